The number of allylic oxidation sites excluding steroid dienone is 1. The first-order valence-electron chi connectivity index (χ1n) is 7.41. The van der Waals surface area contributed by atoms with Crippen LogP contribution in [0.2, 0.25) is 0 Å². The highest BCUT2D eigenvalue weighted by Crippen LogP contribution is 2.29. The highest BCUT2D eigenvalue weighted by molar-refractivity contribution is 7.89. The van der Waals surface area contributed by atoms with Crippen molar-refractivity contribution in [1.82, 2.24) is 4.31 Å². The Hall–Kier alpha value is -2.02. The number of nitrogens with zero attached hydrogens (tertiary/aromatic N) is 1. The molecule has 0 saturated carbocycles. The molecule has 23 heavy (non-hydrogen) atoms. The molecule has 7 heteroatoms. The second-order valence-electron chi connectivity index (χ2n) is 6.39. The zero-order valence-electron chi connectivity index (χ0n) is 13.5. The summed E-state index contributed by atoms with van der Waals surface area (Å²) in [6, 6.07) is 5.53. The Bertz CT molecular complexity index is 720. The van der Waals surface area contributed by atoms with Crippen LogP contribution in [-0.2, 0) is 14.8 Å². The Kier molecular flexibility index (Phi) is 4.70. The molecule has 2 N–H and O–H groups in total. The predicted molar refractivity (Wildman–Crippen MR) is 88.3 cm³/mol. The van der Waals surface area contributed by atoms with E-state index >= 15 is 0 Å². The molecule has 0 radical (unpaired) electrons. The van der Waals surface area contributed by atoms with Crippen molar-refractivity contribution in [3.05, 3.63) is 36.4 Å². The number of anilines is 1. The molecular formula is C16H22N2O4S. The van der Waals surface area contributed by atoms with Crippen molar-refractivity contribution >= 4 is 21.8 Å². The molecule has 0 aliphatic heterocycles. The summed E-state index contributed by atoms with van der Waals surface area (Å²) in [7, 11) is -4.10. The van der Waals surface area contributed by atoms with E-state index in [4.69, 9.17) is 10.5 Å². The van der Waals surface area contributed by atoms with E-state index in [1.54, 1.807) is 39.0 Å². The third-order valence-corrected chi connectivity index (χ3v) is 5.18. The molecule has 1 aromatic carbocycles. The van der Waals surface area contributed by atoms with Crippen LogP contribution in [-0.4, -0.2) is 30.5 Å². The Morgan fingerprint density at radius 3 is 2.48 bits per heavy atom. The van der Waals surface area contributed by atoms with Crippen molar-refractivity contribution in [1.29, 1.82) is 0 Å². The van der Waals surface area contributed by atoms with E-state index in [2.05, 4.69) is 0 Å². The van der Waals surface area contributed by atoms with Gasteiger partial charge in [0.05, 0.1) is 11.7 Å². The third kappa shape index (κ3) is 3.85. The number of carbonyl (C=O) groups excluding carboxylic acids is 1. The minimum atomic E-state index is -4.10. The number of ether oxygens (including phenoxy) is 1. The molecule has 0 fully saturated rings. The lowest BCUT2D eigenvalue weighted by Crippen LogP contribution is -2.45. The van der Waals surface area contributed by atoms with Crippen LogP contribution in [0, 0.1) is 0 Å². The monoisotopic (exact) mass is 338 g/mol. The fourth-order valence-electron chi connectivity index (χ4n) is 2.35. The van der Waals surface area contributed by atoms with Crippen LogP contribution in [0.5, 0.6) is 0 Å². The summed E-state index contributed by atoms with van der Waals surface area (Å²) in [6.07, 6.45) is 3.92. The van der Waals surface area contributed by atoms with Gasteiger partial charge in [-0.3, -0.25) is 0 Å². The summed E-state index contributed by atoms with van der Waals surface area (Å²) < 4.78 is 32.0. The van der Waals surface area contributed by atoms with Gasteiger partial charge in [0.1, 0.15) is 10.5 Å². The van der Waals surface area contributed by atoms with Gasteiger partial charge in [-0.2, -0.15) is 4.31 Å². The number of amides is 1. The number of sulfonamides is 1. The fourth-order valence-corrected chi connectivity index (χ4v) is 3.95. The van der Waals surface area contributed by atoms with Crippen LogP contribution in [0.1, 0.15) is 33.6 Å². The average molecular weight is 338 g/mol. The van der Waals surface area contributed by atoms with Crippen molar-refractivity contribution in [2.24, 2.45) is 0 Å². The molecule has 1 atom stereocenters. The zero-order chi connectivity index (χ0) is 17.3. The van der Waals surface area contributed by atoms with E-state index in [9.17, 15) is 13.2 Å². The molecule has 0 aromatic heterocycles. The molecule has 1 amide bonds. The van der Waals surface area contributed by atoms with Gasteiger partial charge in [0.15, 0.2) is 0 Å². The molecule has 0 heterocycles. The van der Waals surface area contributed by atoms with Crippen LogP contribution in [0.3, 0.4) is 0 Å². The maximum absolute atomic E-state index is 13.0. The standard InChI is InChI=1S/C16H22N2O4S/c1-16(2,3)22-15(19)18(12-8-4-5-9-12)23(20,21)14-11-7-6-10-13(14)17/h4,6-8,10-12H,5,9,17H2,1-3H3. The topological polar surface area (TPSA) is 89.7 Å². The van der Waals surface area contributed by atoms with Gasteiger partial charge >= 0.3 is 6.09 Å². The normalized spacial score (nSPS) is 18.0. The molecule has 6 nitrogen and oxygen atoms in total. The van der Waals surface area contributed by atoms with E-state index in [1.807, 2.05) is 6.08 Å². The smallest absolute Gasteiger partial charge is 0.424 e. The SMILES string of the molecule is CC(C)(C)OC(=O)N(C1C=CCC1)S(=O)(=O)c1ccccc1N. The van der Waals surface area contributed by atoms with Crippen LogP contribution in [0.25, 0.3) is 0 Å². The fraction of sp³-hybridized carbons (Fsp3) is 0.438. The summed E-state index contributed by atoms with van der Waals surface area (Å²) in [5.74, 6) is 0. The van der Waals surface area contributed by atoms with Gasteiger partial charge in [0.25, 0.3) is 10.0 Å². The summed E-state index contributed by atoms with van der Waals surface area (Å²) in [5.41, 5.74) is 5.10. The van der Waals surface area contributed by atoms with Crippen molar-refractivity contribution in [2.45, 2.75) is 50.2 Å². The number of hydrogen-bond acceptors (Lipinski definition) is 5. The van der Waals surface area contributed by atoms with E-state index in [-0.39, 0.29) is 10.6 Å². The largest absolute Gasteiger partial charge is 0.443 e. The lowest BCUT2D eigenvalue weighted by molar-refractivity contribution is 0.0361. The maximum Gasteiger partial charge on any atom is 0.424 e. The number of nitrogen functional groups attached to an aromatic ring is 1. The molecule has 2 rings (SSSR count). The number of benzene rings is 1. The second-order valence-corrected chi connectivity index (χ2v) is 8.18. The Morgan fingerprint density at radius 2 is 1.96 bits per heavy atom. The summed E-state index contributed by atoms with van der Waals surface area (Å²) in [5, 5.41) is 0. The molecule has 0 spiro atoms. The van der Waals surface area contributed by atoms with Crippen LogP contribution in [0.4, 0.5) is 10.5 Å². The molecule has 1 aliphatic carbocycles. The summed E-state index contributed by atoms with van der Waals surface area (Å²) in [6.45, 7) is 5.07. The first-order chi connectivity index (χ1) is 10.6. The summed E-state index contributed by atoms with van der Waals surface area (Å²) >= 11 is 0. The molecule has 1 aliphatic rings. The van der Waals surface area contributed by atoms with Crippen LogP contribution in [0.15, 0.2) is 41.3 Å². The summed E-state index contributed by atoms with van der Waals surface area (Å²) in [4.78, 5) is 12.4. The second kappa shape index (κ2) is 6.23. The molecule has 126 valence electrons. The molecule has 1 aromatic rings. The number of carbonyl (C=O) groups is 1. The van der Waals surface area contributed by atoms with Gasteiger partial charge in [-0.1, -0.05) is 24.3 Å². The number of rotatable bonds is 3. The lowest BCUT2D eigenvalue weighted by atomic mass is 10.2. The quantitative estimate of drug-likeness (QED) is 0.676. The van der Waals surface area contributed by atoms with Crippen molar-refractivity contribution in [3.63, 3.8) is 0 Å². The van der Waals surface area contributed by atoms with Crippen LogP contribution < -0.4 is 5.73 Å². The minimum Gasteiger partial charge on any atom is -0.443 e. The average Bonchev–Trinajstić information content (AvgIpc) is 2.90. The number of para-hydroxylation sites is 1. The number of nitrogens with two attached hydrogens (primary N) is 1. The zero-order valence-corrected chi connectivity index (χ0v) is 14.3. The first kappa shape index (κ1) is 17.3. The molecule has 0 saturated heterocycles. The van der Waals surface area contributed by atoms with E-state index in [1.165, 1.54) is 12.1 Å². The van der Waals surface area contributed by atoms with Gasteiger partial charge in [-0.15, -0.1) is 0 Å². The highest BCUT2D eigenvalue weighted by Gasteiger charge is 2.39. The van der Waals surface area contributed by atoms with E-state index in [0.717, 1.165) is 4.31 Å². The first-order valence-corrected chi connectivity index (χ1v) is 8.85. The minimum absolute atomic E-state index is 0.0915. The van der Waals surface area contributed by atoms with Gasteiger partial charge in [0, 0.05) is 0 Å². The number of hydrogen-bond donors (Lipinski definition) is 1. The Labute approximate surface area is 137 Å². The van der Waals surface area contributed by atoms with Gasteiger partial charge in [0.2, 0.25) is 0 Å². The Morgan fingerprint density at radius 1 is 1.30 bits per heavy atom. The van der Waals surface area contributed by atoms with Crippen molar-refractivity contribution < 1.29 is 17.9 Å². The van der Waals surface area contributed by atoms with E-state index < -0.39 is 27.8 Å². The highest BCUT2D eigenvalue weighted by atomic mass is 32.2. The van der Waals surface area contributed by atoms with Crippen molar-refractivity contribution in [3.8, 4) is 0 Å². The Balaban J connectivity index is 2.47. The third-order valence-electron chi connectivity index (χ3n) is 3.32. The molecular weight excluding hydrogens is 316 g/mol. The molecule has 1 unspecified atom stereocenters. The molecule has 0 bridgehead atoms. The van der Waals surface area contributed by atoms with Gasteiger partial charge in [-0.25, -0.2) is 13.2 Å². The predicted octanol–water partition coefficient (Wildman–Crippen LogP) is 2.91. The van der Waals surface area contributed by atoms with Crippen LogP contribution >= 0.6 is 0 Å². The van der Waals surface area contributed by atoms with E-state index in [0.29, 0.717) is 12.8 Å². The van der Waals surface area contributed by atoms with Gasteiger partial charge in [-0.05, 0) is 45.7 Å². The lowest BCUT2D eigenvalue weighted by Gasteiger charge is -2.30. The maximum atomic E-state index is 13.0. The van der Waals surface area contributed by atoms with Gasteiger partial charge < -0.3 is 10.5 Å². The van der Waals surface area contributed by atoms with Crippen molar-refractivity contribution in [2.75, 3.05) is 5.73 Å².